The number of anilines is 1. The molecular formula is C26H29FN8O. The van der Waals surface area contributed by atoms with Gasteiger partial charge in [-0.1, -0.05) is 0 Å². The molecule has 0 saturated heterocycles. The molecule has 0 radical (unpaired) electrons. The average molecular weight is 489 g/mol. The molecule has 0 aliphatic carbocycles. The third-order valence-corrected chi connectivity index (χ3v) is 5.76. The van der Waals surface area contributed by atoms with Crippen molar-refractivity contribution in [2.45, 2.75) is 13.0 Å². The van der Waals surface area contributed by atoms with E-state index in [1.807, 2.05) is 38.1 Å². The molecule has 0 saturated carbocycles. The molecule has 9 nitrogen and oxygen atoms in total. The van der Waals surface area contributed by atoms with Crippen LogP contribution in [-0.4, -0.2) is 70.7 Å². The number of hydrogen-bond donors (Lipinski definition) is 3. The van der Waals surface area contributed by atoms with E-state index in [9.17, 15) is 9.18 Å². The number of likely N-dealkylation sites (N-methyl/N-ethyl adjacent to an activating group) is 1. The van der Waals surface area contributed by atoms with Crippen molar-refractivity contribution in [3.63, 3.8) is 0 Å². The lowest BCUT2D eigenvalue weighted by Crippen LogP contribution is -2.26. The van der Waals surface area contributed by atoms with E-state index in [-0.39, 0.29) is 17.8 Å². The van der Waals surface area contributed by atoms with Gasteiger partial charge < -0.3 is 20.5 Å². The summed E-state index contributed by atoms with van der Waals surface area (Å²) in [5.41, 5.74) is 4.54. The predicted octanol–water partition coefficient (Wildman–Crippen LogP) is 3.42. The lowest BCUT2D eigenvalue weighted by atomic mass is 10.0. The maximum atomic E-state index is 14.1. The SMILES string of the molecule is C/N=C(/c1cnc2[nH]cc(C(=O)NC(C)c3ccncc3)c2n1)c1ccc(F)cc1NCCN(C)C. The molecule has 36 heavy (non-hydrogen) atoms. The molecule has 3 N–H and O–H groups in total. The maximum Gasteiger partial charge on any atom is 0.255 e. The van der Waals surface area contributed by atoms with Gasteiger partial charge in [0.1, 0.15) is 17.0 Å². The summed E-state index contributed by atoms with van der Waals surface area (Å²) in [6.07, 6.45) is 6.56. The second-order valence-electron chi connectivity index (χ2n) is 8.62. The zero-order valence-electron chi connectivity index (χ0n) is 20.7. The number of nitrogens with one attached hydrogen (secondary N) is 3. The summed E-state index contributed by atoms with van der Waals surface area (Å²) in [5.74, 6) is -0.629. The Morgan fingerprint density at radius 1 is 1.19 bits per heavy atom. The standard InChI is InChI=1S/C26H29FN8O/c1-16(17-7-9-29-10-8-17)33-26(36)20-14-31-25-24(20)34-22(15-32-25)23(28-2)19-6-5-18(27)13-21(19)30-11-12-35(3)4/h5-10,13-16,30H,11-12H2,1-4H3,(H,31,32)(H,33,36)/b28-23+. The van der Waals surface area contributed by atoms with E-state index in [2.05, 4.69) is 30.6 Å². The van der Waals surface area contributed by atoms with E-state index in [0.29, 0.717) is 45.9 Å². The Balaban J connectivity index is 1.64. The molecule has 1 atom stereocenters. The van der Waals surface area contributed by atoms with Crippen molar-refractivity contribution >= 4 is 28.5 Å². The van der Waals surface area contributed by atoms with Crippen LogP contribution in [0.5, 0.6) is 0 Å². The van der Waals surface area contributed by atoms with Crippen LogP contribution < -0.4 is 10.6 Å². The number of pyridine rings is 1. The van der Waals surface area contributed by atoms with Crippen molar-refractivity contribution in [3.8, 4) is 0 Å². The monoisotopic (exact) mass is 488 g/mol. The normalized spacial score (nSPS) is 12.7. The van der Waals surface area contributed by atoms with E-state index in [1.165, 1.54) is 12.1 Å². The number of amides is 1. The topological polar surface area (TPSA) is 111 Å². The summed E-state index contributed by atoms with van der Waals surface area (Å²) in [5, 5.41) is 6.28. The molecule has 0 aliphatic rings. The molecule has 0 bridgehead atoms. The zero-order chi connectivity index (χ0) is 25.7. The summed E-state index contributed by atoms with van der Waals surface area (Å²) in [6.45, 7) is 3.31. The van der Waals surface area contributed by atoms with Gasteiger partial charge in [0.25, 0.3) is 5.91 Å². The Bertz CT molecular complexity index is 1380. The number of rotatable bonds is 9. The van der Waals surface area contributed by atoms with Crippen LogP contribution in [0.3, 0.4) is 0 Å². The van der Waals surface area contributed by atoms with Gasteiger partial charge in [-0.15, -0.1) is 0 Å². The number of fused-ring (bicyclic) bond motifs is 1. The van der Waals surface area contributed by atoms with Gasteiger partial charge in [-0.05, 0) is 56.9 Å². The molecule has 0 fully saturated rings. The first-order chi connectivity index (χ1) is 17.4. The van der Waals surface area contributed by atoms with Crippen LogP contribution in [0.25, 0.3) is 11.2 Å². The van der Waals surface area contributed by atoms with Gasteiger partial charge in [0, 0.05) is 50.0 Å². The fourth-order valence-corrected chi connectivity index (χ4v) is 3.84. The Hall–Kier alpha value is -4.18. The van der Waals surface area contributed by atoms with Crippen LogP contribution in [0.15, 0.2) is 60.1 Å². The number of aromatic amines is 1. The molecule has 1 aromatic carbocycles. The number of H-pyrrole nitrogens is 1. The van der Waals surface area contributed by atoms with Gasteiger partial charge in [-0.3, -0.25) is 14.8 Å². The minimum atomic E-state index is -0.351. The molecule has 4 aromatic rings. The van der Waals surface area contributed by atoms with E-state index in [0.717, 1.165) is 12.1 Å². The number of aliphatic imine (C=N–C) groups is 1. The van der Waals surface area contributed by atoms with Crippen molar-refractivity contribution in [2.75, 3.05) is 39.5 Å². The number of carbonyl (C=O) groups excluding carboxylic acids is 1. The van der Waals surface area contributed by atoms with Gasteiger partial charge in [0.2, 0.25) is 0 Å². The highest BCUT2D eigenvalue weighted by Crippen LogP contribution is 2.23. The molecule has 186 valence electrons. The van der Waals surface area contributed by atoms with E-state index in [4.69, 9.17) is 4.98 Å². The number of hydrogen-bond acceptors (Lipinski definition) is 7. The molecule has 1 amide bonds. The first kappa shape index (κ1) is 24.9. The van der Waals surface area contributed by atoms with Crippen molar-refractivity contribution < 1.29 is 9.18 Å². The predicted molar refractivity (Wildman–Crippen MR) is 139 cm³/mol. The second-order valence-corrected chi connectivity index (χ2v) is 8.62. The van der Waals surface area contributed by atoms with E-state index in [1.54, 1.807) is 37.9 Å². The van der Waals surface area contributed by atoms with Crippen LogP contribution >= 0.6 is 0 Å². The van der Waals surface area contributed by atoms with E-state index < -0.39 is 0 Å². The van der Waals surface area contributed by atoms with Crippen LogP contribution in [0.4, 0.5) is 10.1 Å². The Morgan fingerprint density at radius 3 is 2.69 bits per heavy atom. The van der Waals surface area contributed by atoms with Crippen molar-refractivity contribution in [3.05, 3.63) is 83.3 Å². The van der Waals surface area contributed by atoms with Gasteiger partial charge >= 0.3 is 0 Å². The largest absolute Gasteiger partial charge is 0.383 e. The Morgan fingerprint density at radius 2 is 1.97 bits per heavy atom. The van der Waals surface area contributed by atoms with Gasteiger partial charge in [0.05, 0.1) is 23.5 Å². The van der Waals surface area contributed by atoms with Crippen LogP contribution in [0, 0.1) is 5.82 Å². The molecule has 3 heterocycles. The summed E-state index contributed by atoms with van der Waals surface area (Å²) in [4.78, 5) is 35.8. The number of benzene rings is 1. The lowest BCUT2D eigenvalue weighted by molar-refractivity contribution is 0.0941. The highest BCUT2D eigenvalue weighted by molar-refractivity contribution is 6.15. The Kier molecular flexibility index (Phi) is 7.65. The number of aromatic nitrogens is 4. The summed E-state index contributed by atoms with van der Waals surface area (Å²) < 4.78 is 14.1. The molecule has 4 rings (SSSR count). The number of nitrogens with zero attached hydrogens (tertiary/aromatic N) is 5. The second kappa shape index (κ2) is 11.0. The molecule has 10 heteroatoms. The molecule has 1 unspecified atom stereocenters. The molecule has 0 aliphatic heterocycles. The highest BCUT2D eigenvalue weighted by atomic mass is 19.1. The third-order valence-electron chi connectivity index (χ3n) is 5.76. The summed E-state index contributed by atoms with van der Waals surface area (Å²) in [6, 6.07) is 7.99. The zero-order valence-corrected chi connectivity index (χ0v) is 20.7. The minimum Gasteiger partial charge on any atom is -0.383 e. The third kappa shape index (κ3) is 5.55. The van der Waals surface area contributed by atoms with Gasteiger partial charge in [-0.25, -0.2) is 14.4 Å². The van der Waals surface area contributed by atoms with Gasteiger partial charge in [-0.2, -0.15) is 0 Å². The van der Waals surface area contributed by atoms with E-state index >= 15 is 0 Å². The lowest BCUT2D eigenvalue weighted by Gasteiger charge is -2.16. The quantitative estimate of drug-likeness (QED) is 0.311. The van der Waals surface area contributed by atoms with Crippen LogP contribution in [-0.2, 0) is 0 Å². The van der Waals surface area contributed by atoms with Crippen LogP contribution in [0.1, 0.15) is 40.1 Å². The first-order valence-corrected chi connectivity index (χ1v) is 11.6. The molecule has 0 spiro atoms. The smallest absolute Gasteiger partial charge is 0.255 e. The maximum absolute atomic E-state index is 14.1. The molecule has 3 aromatic heterocycles. The fraction of sp³-hybridized carbons (Fsp3) is 0.269. The summed E-state index contributed by atoms with van der Waals surface area (Å²) in [7, 11) is 5.59. The Labute approximate surface area is 208 Å². The number of carbonyl (C=O) groups is 1. The van der Waals surface area contributed by atoms with Crippen LogP contribution in [0.2, 0.25) is 0 Å². The van der Waals surface area contributed by atoms with Crippen molar-refractivity contribution in [2.24, 2.45) is 4.99 Å². The first-order valence-electron chi connectivity index (χ1n) is 11.6. The number of halogens is 1. The summed E-state index contributed by atoms with van der Waals surface area (Å²) >= 11 is 0. The van der Waals surface area contributed by atoms with Gasteiger partial charge in [0.15, 0.2) is 5.65 Å². The van der Waals surface area contributed by atoms with Crippen molar-refractivity contribution in [1.29, 1.82) is 0 Å². The fourth-order valence-electron chi connectivity index (χ4n) is 3.84. The average Bonchev–Trinajstić information content (AvgIpc) is 3.29. The highest BCUT2D eigenvalue weighted by Gasteiger charge is 2.20. The minimum absolute atomic E-state index is 0.218. The van der Waals surface area contributed by atoms with Crippen molar-refractivity contribution in [1.82, 2.24) is 30.2 Å². The molecular weight excluding hydrogens is 459 g/mol.